The van der Waals surface area contributed by atoms with E-state index in [0.29, 0.717) is 29.2 Å². The highest BCUT2D eigenvalue weighted by Crippen LogP contribution is 2.29. The molecule has 0 bridgehead atoms. The summed E-state index contributed by atoms with van der Waals surface area (Å²) < 4.78 is 14.9. The van der Waals surface area contributed by atoms with Gasteiger partial charge >= 0.3 is 0 Å². The number of amides is 1. The van der Waals surface area contributed by atoms with Gasteiger partial charge in [0.25, 0.3) is 5.91 Å². The molecule has 0 aliphatic heterocycles. The topological polar surface area (TPSA) is 122 Å². The summed E-state index contributed by atoms with van der Waals surface area (Å²) >= 11 is 0. The molecule has 0 unspecified atom stereocenters. The molecule has 31 heavy (non-hydrogen) atoms. The molecule has 9 nitrogen and oxygen atoms in total. The molecule has 0 aromatic carbocycles. The zero-order valence-electron chi connectivity index (χ0n) is 17.0. The van der Waals surface area contributed by atoms with Crippen LogP contribution in [0.5, 0.6) is 0 Å². The molecule has 0 saturated heterocycles. The van der Waals surface area contributed by atoms with E-state index in [-0.39, 0.29) is 11.7 Å². The van der Waals surface area contributed by atoms with Gasteiger partial charge in [0.05, 0.1) is 11.9 Å². The molecule has 3 aromatic heterocycles. The number of carbonyl (C=O) groups is 1. The number of imidazole rings is 1. The number of pyridine rings is 1. The van der Waals surface area contributed by atoms with Crippen molar-refractivity contribution in [1.29, 1.82) is 0 Å². The second kappa shape index (κ2) is 8.10. The Morgan fingerprint density at radius 1 is 1.06 bits per heavy atom. The Kier molecular flexibility index (Phi) is 5.14. The summed E-state index contributed by atoms with van der Waals surface area (Å²) in [4.78, 5) is 20.8. The molecule has 5 N–H and O–H groups in total. The van der Waals surface area contributed by atoms with Gasteiger partial charge in [-0.15, -0.1) is 5.10 Å². The van der Waals surface area contributed by atoms with Crippen LogP contribution in [0.15, 0.2) is 30.6 Å². The van der Waals surface area contributed by atoms with Crippen LogP contribution in [0.3, 0.4) is 0 Å². The van der Waals surface area contributed by atoms with Crippen LogP contribution in [-0.4, -0.2) is 43.6 Å². The quantitative estimate of drug-likeness (QED) is 0.449. The Labute approximate surface area is 178 Å². The van der Waals surface area contributed by atoms with E-state index in [2.05, 4.69) is 31.0 Å². The number of halogens is 1. The molecular weight excluding hydrogens is 399 g/mol. The minimum Gasteiger partial charge on any atom is -0.379 e. The van der Waals surface area contributed by atoms with Crippen molar-refractivity contribution in [2.45, 2.75) is 56.7 Å². The largest absolute Gasteiger partial charge is 0.379 e. The first-order valence-corrected chi connectivity index (χ1v) is 10.7. The van der Waals surface area contributed by atoms with Gasteiger partial charge in [-0.1, -0.05) is 0 Å². The third-order valence-corrected chi connectivity index (χ3v) is 5.75. The average Bonchev–Trinajstić information content (AvgIpc) is 3.45. The molecule has 0 spiro atoms. The molecule has 2 aliphatic carbocycles. The highest BCUT2D eigenvalue weighted by Gasteiger charge is 2.25. The summed E-state index contributed by atoms with van der Waals surface area (Å²) in [5.41, 5.74) is 8.02. The standard InChI is InChI=1S/C21H25FN8O/c22-18-9-15(7-8-24-18)28-21(31)17-11-25-20-16(26-13-5-6-13)10-19(29-30(17)20)27-14-3-1-12(23)2-4-14/h7-14,26H,1-6,23H2,(H,27,29)(H,24,28,31)/t12-,14-. The van der Waals surface area contributed by atoms with Crippen molar-refractivity contribution >= 4 is 28.7 Å². The van der Waals surface area contributed by atoms with Crippen molar-refractivity contribution in [3.05, 3.63) is 42.2 Å². The Balaban J connectivity index is 1.45. The average molecular weight is 424 g/mol. The van der Waals surface area contributed by atoms with Crippen LogP contribution in [0, 0.1) is 5.95 Å². The maximum Gasteiger partial charge on any atom is 0.276 e. The van der Waals surface area contributed by atoms with Crippen LogP contribution in [0.25, 0.3) is 5.65 Å². The molecule has 2 aliphatic rings. The number of hydrogen-bond donors (Lipinski definition) is 4. The van der Waals surface area contributed by atoms with Gasteiger partial charge in [-0.05, 0) is 44.6 Å². The Hall–Kier alpha value is -3.27. The molecule has 0 radical (unpaired) electrons. The van der Waals surface area contributed by atoms with Gasteiger partial charge in [-0.2, -0.15) is 4.39 Å². The normalized spacial score (nSPS) is 21.1. The molecule has 162 valence electrons. The number of nitrogens with two attached hydrogens (primary N) is 1. The van der Waals surface area contributed by atoms with E-state index < -0.39 is 11.9 Å². The number of hydrogen-bond acceptors (Lipinski definition) is 7. The van der Waals surface area contributed by atoms with Crippen LogP contribution in [-0.2, 0) is 0 Å². The zero-order valence-corrected chi connectivity index (χ0v) is 17.0. The second-order valence-corrected chi connectivity index (χ2v) is 8.32. The number of nitrogens with zero attached hydrogens (tertiary/aromatic N) is 4. The molecule has 2 saturated carbocycles. The monoisotopic (exact) mass is 424 g/mol. The van der Waals surface area contributed by atoms with E-state index in [0.717, 1.165) is 50.3 Å². The van der Waals surface area contributed by atoms with Crippen molar-refractivity contribution in [2.75, 3.05) is 16.0 Å². The van der Waals surface area contributed by atoms with Crippen molar-refractivity contribution in [3.63, 3.8) is 0 Å². The van der Waals surface area contributed by atoms with Gasteiger partial charge in [0, 0.05) is 42.1 Å². The Morgan fingerprint density at radius 2 is 1.81 bits per heavy atom. The minimum atomic E-state index is -0.663. The van der Waals surface area contributed by atoms with Crippen LogP contribution in [0.2, 0.25) is 0 Å². The number of carbonyl (C=O) groups excluding carboxylic acids is 1. The SMILES string of the molecule is N[C@H]1CC[C@H](Nc2cc(NC3CC3)c3ncc(C(=O)Nc4ccnc(F)c4)n3n2)CC1. The van der Waals surface area contributed by atoms with Crippen molar-refractivity contribution in [3.8, 4) is 0 Å². The summed E-state index contributed by atoms with van der Waals surface area (Å²) in [5.74, 6) is -0.412. The van der Waals surface area contributed by atoms with Crippen LogP contribution in [0.1, 0.15) is 49.0 Å². The molecule has 0 atom stereocenters. The van der Waals surface area contributed by atoms with Crippen molar-refractivity contribution < 1.29 is 9.18 Å². The molecular formula is C21H25FN8O. The van der Waals surface area contributed by atoms with Crippen molar-refractivity contribution in [2.24, 2.45) is 5.73 Å². The van der Waals surface area contributed by atoms with Gasteiger partial charge in [-0.3, -0.25) is 4.79 Å². The number of rotatable bonds is 6. The van der Waals surface area contributed by atoms with E-state index in [1.807, 2.05) is 6.07 Å². The molecule has 10 heteroatoms. The van der Waals surface area contributed by atoms with Gasteiger partial charge in [0.1, 0.15) is 5.82 Å². The first kappa shape index (κ1) is 19.7. The predicted octanol–water partition coefficient (Wildman–Crippen LogP) is 2.77. The number of aromatic nitrogens is 4. The van der Waals surface area contributed by atoms with E-state index >= 15 is 0 Å². The molecule has 3 aromatic rings. The highest BCUT2D eigenvalue weighted by atomic mass is 19.1. The predicted molar refractivity (Wildman–Crippen MR) is 116 cm³/mol. The fourth-order valence-electron chi connectivity index (χ4n) is 3.90. The fraction of sp³-hybridized carbons (Fsp3) is 0.429. The lowest BCUT2D eigenvalue weighted by molar-refractivity contribution is 0.102. The molecule has 3 heterocycles. The van der Waals surface area contributed by atoms with E-state index in [9.17, 15) is 9.18 Å². The van der Waals surface area contributed by atoms with Crippen LogP contribution < -0.4 is 21.7 Å². The smallest absolute Gasteiger partial charge is 0.276 e. The molecule has 1 amide bonds. The summed E-state index contributed by atoms with van der Waals surface area (Å²) in [6.45, 7) is 0. The maximum absolute atomic E-state index is 13.4. The fourth-order valence-corrected chi connectivity index (χ4v) is 3.90. The minimum absolute atomic E-state index is 0.264. The first-order chi connectivity index (χ1) is 15.0. The maximum atomic E-state index is 13.4. The number of nitrogens with one attached hydrogen (secondary N) is 3. The van der Waals surface area contributed by atoms with E-state index in [1.54, 1.807) is 0 Å². The highest BCUT2D eigenvalue weighted by molar-refractivity contribution is 6.03. The first-order valence-electron chi connectivity index (χ1n) is 10.7. The van der Waals surface area contributed by atoms with Gasteiger partial charge in [0.15, 0.2) is 11.3 Å². The third-order valence-electron chi connectivity index (χ3n) is 5.75. The zero-order chi connectivity index (χ0) is 21.4. The lowest BCUT2D eigenvalue weighted by Gasteiger charge is -2.27. The Bertz CT molecular complexity index is 1100. The lowest BCUT2D eigenvalue weighted by atomic mass is 9.92. The van der Waals surface area contributed by atoms with Crippen LogP contribution in [0.4, 0.5) is 21.6 Å². The summed E-state index contributed by atoms with van der Waals surface area (Å²) in [5, 5.41) is 14.3. The second-order valence-electron chi connectivity index (χ2n) is 8.32. The van der Waals surface area contributed by atoms with E-state index in [4.69, 9.17) is 5.73 Å². The number of anilines is 3. The van der Waals surface area contributed by atoms with E-state index in [1.165, 1.54) is 23.0 Å². The van der Waals surface area contributed by atoms with Crippen LogP contribution >= 0.6 is 0 Å². The Morgan fingerprint density at radius 3 is 2.55 bits per heavy atom. The van der Waals surface area contributed by atoms with Gasteiger partial charge in [-0.25, -0.2) is 14.5 Å². The number of fused-ring (bicyclic) bond motifs is 1. The molecule has 2 fully saturated rings. The summed E-state index contributed by atoms with van der Waals surface area (Å²) in [6.07, 6.45) is 8.93. The molecule has 5 rings (SSSR count). The van der Waals surface area contributed by atoms with Crippen molar-refractivity contribution in [1.82, 2.24) is 19.6 Å². The van der Waals surface area contributed by atoms with Gasteiger partial charge in [0.2, 0.25) is 5.95 Å². The summed E-state index contributed by atoms with van der Waals surface area (Å²) in [7, 11) is 0. The summed E-state index contributed by atoms with van der Waals surface area (Å²) in [6, 6.07) is 5.62. The third kappa shape index (κ3) is 4.43. The lowest BCUT2D eigenvalue weighted by Crippen LogP contribution is -2.33. The van der Waals surface area contributed by atoms with Gasteiger partial charge < -0.3 is 21.7 Å².